The van der Waals surface area contributed by atoms with Crippen molar-refractivity contribution in [3.05, 3.63) is 48.1 Å². The molecule has 0 unspecified atom stereocenters. The molecule has 0 aliphatic carbocycles. The first-order valence-electron chi connectivity index (χ1n) is 7.17. The number of β-amino-alcohol motifs (C(OH)–C–C–N with tert-alkyl or cyclic N) is 1. The van der Waals surface area contributed by atoms with Crippen LogP contribution in [-0.2, 0) is 0 Å². The lowest BCUT2D eigenvalue weighted by atomic mass is 10.0. The predicted molar refractivity (Wildman–Crippen MR) is 78.8 cm³/mol. The van der Waals surface area contributed by atoms with E-state index in [1.165, 1.54) is 18.7 Å². The fourth-order valence-corrected chi connectivity index (χ4v) is 3.05. The number of aromatic nitrogens is 4. The van der Waals surface area contributed by atoms with E-state index in [0.717, 1.165) is 12.1 Å². The highest BCUT2D eigenvalue weighted by Gasteiger charge is 2.34. The number of benzene rings is 1. The zero-order valence-corrected chi connectivity index (χ0v) is 11.9. The third kappa shape index (κ3) is 2.31. The number of nitrogens with one attached hydrogen (secondary N) is 1. The highest BCUT2D eigenvalue weighted by atomic mass is 19.2. The number of aliphatic hydroxyl groups excluding tert-OH is 1. The van der Waals surface area contributed by atoms with Crippen molar-refractivity contribution in [1.82, 2.24) is 19.9 Å². The van der Waals surface area contributed by atoms with E-state index in [1.807, 2.05) is 4.90 Å². The zero-order valence-electron chi connectivity index (χ0n) is 11.9. The molecule has 4 rings (SSSR count). The fourth-order valence-electron chi connectivity index (χ4n) is 3.05. The van der Waals surface area contributed by atoms with Crippen LogP contribution in [0.25, 0.3) is 11.2 Å². The minimum Gasteiger partial charge on any atom is -0.391 e. The molecule has 8 heteroatoms. The van der Waals surface area contributed by atoms with Crippen molar-refractivity contribution in [3.8, 4) is 0 Å². The van der Waals surface area contributed by atoms with Gasteiger partial charge in [0.25, 0.3) is 0 Å². The first-order chi connectivity index (χ1) is 11.1. The van der Waals surface area contributed by atoms with Crippen LogP contribution in [-0.4, -0.2) is 37.7 Å². The van der Waals surface area contributed by atoms with Crippen molar-refractivity contribution < 1.29 is 13.9 Å². The molecule has 1 saturated heterocycles. The van der Waals surface area contributed by atoms with Gasteiger partial charge in [-0.2, -0.15) is 0 Å². The van der Waals surface area contributed by atoms with E-state index in [1.54, 1.807) is 0 Å². The molecule has 0 bridgehead atoms. The second-order valence-corrected chi connectivity index (χ2v) is 5.53. The van der Waals surface area contributed by atoms with Gasteiger partial charge in [0.05, 0.1) is 18.5 Å². The SMILES string of the molecule is O[C@@H]1C[C@H](c2ccc(F)c(F)c2)N(c2ncnc3nc[nH]c23)C1. The number of hydrogen-bond donors (Lipinski definition) is 2. The van der Waals surface area contributed by atoms with Crippen LogP contribution in [0.3, 0.4) is 0 Å². The summed E-state index contributed by atoms with van der Waals surface area (Å²) in [7, 11) is 0. The normalized spacial score (nSPS) is 21.3. The highest BCUT2D eigenvalue weighted by Crippen LogP contribution is 2.37. The number of aliphatic hydroxyl groups is 1. The van der Waals surface area contributed by atoms with Gasteiger partial charge in [-0.05, 0) is 24.1 Å². The highest BCUT2D eigenvalue weighted by molar-refractivity contribution is 5.83. The lowest BCUT2D eigenvalue weighted by molar-refractivity contribution is 0.194. The maximum Gasteiger partial charge on any atom is 0.182 e. The first kappa shape index (κ1) is 14.0. The quantitative estimate of drug-likeness (QED) is 0.755. The van der Waals surface area contributed by atoms with Crippen molar-refractivity contribution >= 4 is 17.0 Å². The number of H-pyrrole nitrogens is 1. The largest absolute Gasteiger partial charge is 0.391 e. The zero-order chi connectivity index (χ0) is 16.0. The number of hydrogen-bond acceptors (Lipinski definition) is 5. The summed E-state index contributed by atoms with van der Waals surface area (Å²) in [6.07, 6.45) is 2.74. The molecular weight excluding hydrogens is 304 g/mol. The summed E-state index contributed by atoms with van der Waals surface area (Å²) in [6.45, 7) is 0.342. The Bertz CT molecular complexity index is 868. The Kier molecular flexibility index (Phi) is 3.19. The summed E-state index contributed by atoms with van der Waals surface area (Å²) in [5.41, 5.74) is 1.75. The van der Waals surface area contributed by atoms with Gasteiger partial charge in [0.15, 0.2) is 23.1 Å². The van der Waals surface area contributed by atoms with E-state index >= 15 is 0 Å². The second kappa shape index (κ2) is 5.24. The Labute approximate surface area is 129 Å². The second-order valence-electron chi connectivity index (χ2n) is 5.53. The van der Waals surface area contributed by atoms with Crippen LogP contribution in [0.15, 0.2) is 30.9 Å². The molecule has 2 N–H and O–H groups in total. The van der Waals surface area contributed by atoms with Gasteiger partial charge in [-0.1, -0.05) is 6.07 Å². The fraction of sp³-hybridized carbons (Fsp3) is 0.267. The minimum absolute atomic E-state index is 0.304. The standard InChI is InChI=1S/C15H13F2N5O/c16-10-2-1-8(3-11(10)17)12-4-9(23)5-22(12)15-13-14(19-6-18-13)20-7-21-15/h1-3,6-7,9,12,23H,4-5H2,(H,18,19,20,21)/t9-,12-/m1/s1. The summed E-state index contributed by atoms with van der Waals surface area (Å²) in [5, 5.41) is 10.1. The maximum atomic E-state index is 13.6. The molecule has 3 heterocycles. The third-order valence-electron chi connectivity index (χ3n) is 4.08. The molecule has 23 heavy (non-hydrogen) atoms. The van der Waals surface area contributed by atoms with Gasteiger partial charge in [-0.25, -0.2) is 23.7 Å². The molecular formula is C15H13F2N5O. The van der Waals surface area contributed by atoms with Crippen molar-refractivity contribution in [2.24, 2.45) is 0 Å². The van der Waals surface area contributed by atoms with Crippen molar-refractivity contribution in [2.75, 3.05) is 11.4 Å². The van der Waals surface area contributed by atoms with E-state index in [2.05, 4.69) is 19.9 Å². The average molecular weight is 317 g/mol. The summed E-state index contributed by atoms with van der Waals surface area (Å²) >= 11 is 0. The van der Waals surface area contributed by atoms with Gasteiger partial charge in [-0.15, -0.1) is 0 Å². The minimum atomic E-state index is -0.904. The third-order valence-corrected chi connectivity index (χ3v) is 4.08. The van der Waals surface area contributed by atoms with Crippen LogP contribution >= 0.6 is 0 Å². The molecule has 0 spiro atoms. The molecule has 118 valence electrons. The van der Waals surface area contributed by atoms with Crippen LogP contribution in [0.2, 0.25) is 0 Å². The molecule has 1 aliphatic heterocycles. The van der Waals surface area contributed by atoms with E-state index in [-0.39, 0.29) is 6.04 Å². The van der Waals surface area contributed by atoms with Crippen molar-refractivity contribution in [2.45, 2.75) is 18.6 Å². The number of nitrogens with zero attached hydrogens (tertiary/aromatic N) is 4. The Hall–Kier alpha value is -2.61. The topological polar surface area (TPSA) is 77.9 Å². The number of aromatic amines is 1. The van der Waals surface area contributed by atoms with Crippen LogP contribution < -0.4 is 4.90 Å². The van der Waals surface area contributed by atoms with E-state index in [9.17, 15) is 13.9 Å². The lowest BCUT2D eigenvalue weighted by Crippen LogP contribution is -2.25. The van der Waals surface area contributed by atoms with E-state index < -0.39 is 17.7 Å². The Morgan fingerprint density at radius 3 is 2.87 bits per heavy atom. The smallest absolute Gasteiger partial charge is 0.182 e. The Morgan fingerprint density at radius 1 is 1.17 bits per heavy atom. The number of anilines is 1. The first-order valence-corrected chi connectivity index (χ1v) is 7.17. The molecule has 2 atom stereocenters. The number of rotatable bonds is 2. The van der Waals surface area contributed by atoms with Crippen molar-refractivity contribution in [1.29, 1.82) is 0 Å². The van der Waals surface area contributed by atoms with Gasteiger partial charge in [-0.3, -0.25) is 0 Å². The number of halogens is 2. The van der Waals surface area contributed by atoms with Gasteiger partial charge in [0.2, 0.25) is 0 Å². The Balaban J connectivity index is 1.79. The van der Waals surface area contributed by atoms with Crippen LogP contribution in [0.1, 0.15) is 18.0 Å². The lowest BCUT2D eigenvalue weighted by Gasteiger charge is -2.25. The summed E-state index contributed by atoms with van der Waals surface area (Å²) in [6, 6.07) is 3.48. The molecule has 0 amide bonds. The van der Waals surface area contributed by atoms with Gasteiger partial charge < -0.3 is 15.0 Å². The molecule has 1 fully saturated rings. The summed E-state index contributed by atoms with van der Waals surface area (Å²) in [5.74, 6) is -1.21. The van der Waals surface area contributed by atoms with E-state index in [0.29, 0.717) is 35.5 Å². The van der Waals surface area contributed by atoms with Crippen molar-refractivity contribution in [3.63, 3.8) is 0 Å². The van der Waals surface area contributed by atoms with E-state index in [4.69, 9.17) is 0 Å². The monoisotopic (exact) mass is 317 g/mol. The number of fused-ring (bicyclic) bond motifs is 1. The average Bonchev–Trinajstić information content (AvgIpc) is 3.16. The summed E-state index contributed by atoms with van der Waals surface area (Å²) < 4.78 is 26.7. The Morgan fingerprint density at radius 2 is 2.04 bits per heavy atom. The molecule has 0 saturated carbocycles. The van der Waals surface area contributed by atoms with Gasteiger partial charge in [0.1, 0.15) is 11.8 Å². The maximum absolute atomic E-state index is 13.6. The van der Waals surface area contributed by atoms with Crippen LogP contribution in [0, 0.1) is 11.6 Å². The van der Waals surface area contributed by atoms with Crippen LogP contribution in [0.5, 0.6) is 0 Å². The van der Waals surface area contributed by atoms with Gasteiger partial charge in [0, 0.05) is 6.54 Å². The predicted octanol–water partition coefficient (Wildman–Crippen LogP) is 1.94. The van der Waals surface area contributed by atoms with Crippen LogP contribution in [0.4, 0.5) is 14.6 Å². The molecule has 3 aromatic rings. The summed E-state index contributed by atoms with van der Waals surface area (Å²) in [4.78, 5) is 17.3. The molecule has 2 aromatic heterocycles. The molecule has 0 radical (unpaired) electrons. The number of imidazole rings is 1. The molecule has 1 aliphatic rings. The van der Waals surface area contributed by atoms with Gasteiger partial charge >= 0.3 is 0 Å². The molecule has 6 nitrogen and oxygen atoms in total. The molecule has 1 aromatic carbocycles.